The van der Waals surface area contributed by atoms with E-state index in [9.17, 15) is 14.4 Å². The van der Waals surface area contributed by atoms with Crippen LogP contribution in [0.4, 0.5) is 0 Å². The first-order valence-electron chi connectivity index (χ1n) is 9.48. The highest BCUT2D eigenvalue weighted by atomic mass is 16.2. The van der Waals surface area contributed by atoms with Gasteiger partial charge >= 0.3 is 0 Å². The van der Waals surface area contributed by atoms with Gasteiger partial charge < -0.3 is 5.32 Å². The first-order valence-corrected chi connectivity index (χ1v) is 9.48. The fraction of sp³-hybridized carbons (Fsp3) is 0.476. The lowest BCUT2D eigenvalue weighted by Crippen LogP contribution is -2.49. The highest BCUT2D eigenvalue weighted by Crippen LogP contribution is 2.36. The molecular weight excluding hydrogens is 328 g/mol. The molecule has 5 nitrogen and oxygen atoms in total. The molecule has 1 fully saturated rings. The Kier molecular flexibility index (Phi) is 4.39. The highest BCUT2D eigenvalue weighted by Gasteiger charge is 2.50. The third-order valence-corrected chi connectivity index (χ3v) is 5.99. The molecule has 1 aromatic carbocycles. The SMILES string of the molecule is C[C@@H](C(=O)N[C@H]1CCCc2ccccc21)N1C(=O)[C@H]2CC=CC[C@@H]2C1=O. The minimum Gasteiger partial charge on any atom is -0.347 e. The first-order chi connectivity index (χ1) is 12.6. The number of carbonyl (C=O) groups excluding carboxylic acids is 3. The lowest BCUT2D eigenvalue weighted by Gasteiger charge is -2.29. The number of nitrogens with zero attached hydrogens (tertiary/aromatic N) is 1. The zero-order valence-corrected chi connectivity index (χ0v) is 15.0. The molecule has 1 aliphatic heterocycles. The van der Waals surface area contributed by atoms with Crippen molar-refractivity contribution in [3.8, 4) is 0 Å². The smallest absolute Gasteiger partial charge is 0.243 e. The molecule has 2 aliphatic carbocycles. The van der Waals surface area contributed by atoms with E-state index in [1.165, 1.54) is 10.5 Å². The van der Waals surface area contributed by atoms with Crippen molar-refractivity contribution >= 4 is 17.7 Å². The van der Waals surface area contributed by atoms with Crippen LogP contribution in [-0.4, -0.2) is 28.7 Å². The molecule has 1 N–H and O–H groups in total. The summed E-state index contributed by atoms with van der Waals surface area (Å²) in [7, 11) is 0. The standard InChI is InChI=1S/C21H24N2O3/c1-13(23-20(25)16-10-4-5-11-17(16)21(23)26)19(24)22-18-12-6-8-14-7-2-3-9-15(14)18/h2-5,7,9,13,16-18H,6,8,10-12H2,1H3,(H,22,24)/t13-,16-,17-,18-/m0/s1. The number of allylic oxidation sites excluding steroid dienone is 2. The Balaban J connectivity index is 1.49. The zero-order chi connectivity index (χ0) is 18.3. The third-order valence-electron chi connectivity index (χ3n) is 5.99. The van der Waals surface area contributed by atoms with Crippen LogP contribution in [0.3, 0.4) is 0 Å². The molecule has 3 aliphatic rings. The van der Waals surface area contributed by atoms with E-state index in [2.05, 4.69) is 17.4 Å². The van der Waals surface area contributed by atoms with Gasteiger partial charge in [0.1, 0.15) is 6.04 Å². The molecule has 1 aromatic rings. The largest absolute Gasteiger partial charge is 0.347 e. The average molecular weight is 352 g/mol. The Bertz CT molecular complexity index is 759. The lowest BCUT2D eigenvalue weighted by molar-refractivity contribution is -0.147. The van der Waals surface area contributed by atoms with Gasteiger partial charge in [-0.1, -0.05) is 36.4 Å². The van der Waals surface area contributed by atoms with Crippen LogP contribution in [0.1, 0.15) is 49.8 Å². The van der Waals surface area contributed by atoms with Crippen LogP contribution in [0.25, 0.3) is 0 Å². The summed E-state index contributed by atoms with van der Waals surface area (Å²) in [5.74, 6) is -1.23. The molecule has 4 atom stereocenters. The Morgan fingerprint density at radius 2 is 1.77 bits per heavy atom. The normalized spacial score (nSPS) is 28.5. The van der Waals surface area contributed by atoms with Crippen LogP contribution < -0.4 is 5.32 Å². The number of fused-ring (bicyclic) bond motifs is 2. The summed E-state index contributed by atoms with van der Waals surface area (Å²) in [6.07, 6.45) is 8.03. The molecule has 0 spiro atoms. The Morgan fingerprint density at radius 3 is 2.46 bits per heavy atom. The van der Waals surface area contributed by atoms with Crippen molar-refractivity contribution in [2.75, 3.05) is 0 Å². The molecule has 4 rings (SSSR count). The third kappa shape index (κ3) is 2.75. The van der Waals surface area contributed by atoms with Gasteiger partial charge in [0, 0.05) is 0 Å². The number of benzene rings is 1. The van der Waals surface area contributed by atoms with E-state index in [-0.39, 0.29) is 35.6 Å². The van der Waals surface area contributed by atoms with Crippen LogP contribution in [0.15, 0.2) is 36.4 Å². The molecule has 1 saturated heterocycles. The van der Waals surface area contributed by atoms with Gasteiger partial charge in [-0.25, -0.2) is 0 Å². The molecular formula is C21H24N2O3. The van der Waals surface area contributed by atoms with Gasteiger partial charge in [0.2, 0.25) is 17.7 Å². The summed E-state index contributed by atoms with van der Waals surface area (Å²) in [5, 5.41) is 3.07. The van der Waals surface area contributed by atoms with Gasteiger partial charge in [-0.3, -0.25) is 19.3 Å². The number of hydrogen-bond acceptors (Lipinski definition) is 3. The average Bonchev–Trinajstić information content (AvgIpc) is 2.92. The van der Waals surface area contributed by atoms with Crippen LogP contribution in [0.2, 0.25) is 0 Å². The number of amides is 3. The predicted molar refractivity (Wildman–Crippen MR) is 96.9 cm³/mol. The number of aryl methyl sites for hydroxylation is 1. The van der Waals surface area contributed by atoms with E-state index in [0.717, 1.165) is 24.8 Å². The molecule has 0 bridgehead atoms. The molecule has 0 saturated carbocycles. The second-order valence-corrected chi connectivity index (χ2v) is 7.53. The topological polar surface area (TPSA) is 66.5 Å². The highest BCUT2D eigenvalue weighted by molar-refractivity contribution is 6.08. The maximum absolute atomic E-state index is 12.8. The van der Waals surface area contributed by atoms with E-state index in [4.69, 9.17) is 0 Å². The Hall–Kier alpha value is -2.43. The number of likely N-dealkylation sites (tertiary alicyclic amines) is 1. The van der Waals surface area contributed by atoms with Gasteiger partial charge in [0.15, 0.2) is 0 Å². The number of hydrogen-bond donors (Lipinski definition) is 1. The fourth-order valence-electron chi connectivity index (χ4n) is 4.52. The second-order valence-electron chi connectivity index (χ2n) is 7.53. The molecule has 3 amide bonds. The van der Waals surface area contributed by atoms with Crippen molar-refractivity contribution in [2.45, 2.75) is 51.1 Å². The second kappa shape index (κ2) is 6.71. The number of rotatable bonds is 3. The van der Waals surface area contributed by atoms with E-state index in [1.54, 1.807) is 6.92 Å². The maximum Gasteiger partial charge on any atom is 0.243 e. The van der Waals surface area contributed by atoms with Gasteiger partial charge in [-0.15, -0.1) is 0 Å². The van der Waals surface area contributed by atoms with Crippen molar-refractivity contribution in [2.24, 2.45) is 11.8 Å². The lowest BCUT2D eigenvalue weighted by atomic mass is 9.85. The fourth-order valence-corrected chi connectivity index (χ4v) is 4.52. The minimum absolute atomic E-state index is 0.0494. The summed E-state index contributed by atoms with van der Waals surface area (Å²) < 4.78 is 0. The van der Waals surface area contributed by atoms with Crippen LogP contribution in [0.5, 0.6) is 0 Å². The predicted octanol–water partition coefficient (Wildman–Crippen LogP) is 2.52. The van der Waals surface area contributed by atoms with Gasteiger partial charge in [0.25, 0.3) is 0 Å². The molecule has 0 radical (unpaired) electrons. The monoisotopic (exact) mass is 352 g/mol. The van der Waals surface area contributed by atoms with Crippen LogP contribution >= 0.6 is 0 Å². The van der Waals surface area contributed by atoms with Crippen molar-refractivity contribution in [3.05, 3.63) is 47.5 Å². The van der Waals surface area contributed by atoms with Crippen LogP contribution in [-0.2, 0) is 20.8 Å². The van der Waals surface area contributed by atoms with E-state index in [1.807, 2.05) is 24.3 Å². The van der Waals surface area contributed by atoms with Crippen molar-refractivity contribution < 1.29 is 14.4 Å². The first kappa shape index (κ1) is 17.0. The summed E-state index contributed by atoms with van der Waals surface area (Å²) >= 11 is 0. The van der Waals surface area contributed by atoms with Crippen molar-refractivity contribution in [1.29, 1.82) is 0 Å². The minimum atomic E-state index is -0.769. The molecule has 1 heterocycles. The summed E-state index contributed by atoms with van der Waals surface area (Å²) in [6, 6.07) is 7.33. The number of nitrogens with one attached hydrogen (secondary N) is 1. The Labute approximate surface area is 153 Å². The summed E-state index contributed by atoms with van der Waals surface area (Å²) in [6.45, 7) is 1.66. The van der Waals surface area contributed by atoms with Crippen molar-refractivity contribution in [3.63, 3.8) is 0 Å². The maximum atomic E-state index is 12.8. The number of imide groups is 1. The molecule has 5 heteroatoms. The summed E-state index contributed by atoms with van der Waals surface area (Å²) in [5.41, 5.74) is 2.42. The zero-order valence-electron chi connectivity index (χ0n) is 15.0. The molecule has 0 aromatic heterocycles. The Morgan fingerprint density at radius 1 is 1.12 bits per heavy atom. The van der Waals surface area contributed by atoms with Crippen LogP contribution in [0, 0.1) is 11.8 Å². The molecule has 26 heavy (non-hydrogen) atoms. The van der Waals surface area contributed by atoms with E-state index in [0.29, 0.717) is 12.8 Å². The van der Waals surface area contributed by atoms with Gasteiger partial charge in [-0.05, 0) is 50.2 Å². The quantitative estimate of drug-likeness (QED) is 0.671. The summed E-state index contributed by atoms with van der Waals surface area (Å²) in [4.78, 5) is 39.4. The van der Waals surface area contributed by atoms with Gasteiger partial charge in [0.05, 0.1) is 17.9 Å². The van der Waals surface area contributed by atoms with Gasteiger partial charge in [-0.2, -0.15) is 0 Å². The van der Waals surface area contributed by atoms with E-state index >= 15 is 0 Å². The van der Waals surface area contributed by atoms with E-state index < -0.39 is 6.04 Å². The molecule has 0 unspecified atom stereocenters. The van der Waals surface area contributed by atoms with Crippen molar-refractivity contribution in [1.82, 2.24) is 10.2 Å². The molecule has 136 valence electrons. The number of carbonyl (C=O) groups is 3.